The number of aryl methyl sites for hydroxylation is 1. The van der Waals surface area contributed by atoms with Crippen molar-refractivity contribution in [3.63, 3.8) is 0 Å². The van der Waals surface area contributed by atoms with E-state index in [1.165, 1.54) is 0 Å². The summed E-state index contributed by atoms with van der Waals surface area (Å²) in [6.45, 7) is 1.83. The molecule has 0 unspecified atom stereocenters. The molecule has 0 bridgehead atoms. The molecule has 108 valence electrons. The van der Waals surface area contributed by atoms with E-state index in [4.69, 9.17) is 17.3 Å². The number of hydrogen-bond acceptors (Lipinski definition) is 5. The first-order chi connectivity index (χ1) is 9.88. The molecule has 2 aromatic rings. The Morgan fingerprint density at radius 1 is 1.43 bits per heavy atom. The first-order valence-electron chi connectivity index (χ1n) is 5.86. The Hall–Kier alpha value is -2.67. The minimum atomic E-state index is -0.647. The van der Waals surface area contributed by atoms with Crippen LogP contribution >= 0.6 is 11.6 Å². The Kier molecular flexibility index (Phi) is 4.04. The number of nitrogens with zero attached hydrogens (tertiary/aromatic N) is 2. The number of carbonyl (C=O) groups excluding carboxylic acids is 1. The van der Waals surface area contributed by atoms with Gasteiger partial charge in [-0.2, -0.15) is 0 Å². The Labute approximate surface area is 124 Å². The number of aromatic nitrogens is 1. The van der Waals surface area contributed by atoms with Gasteiger partial charge >= 0.3 is 0 Å². The van der Waals surface area contributed by atoms with E-state index in [-0.39, 0.29) is 17.1 Å². The summed E-state index contributed by atoms with van der Waals surface area (Å²) >= 11 is 5.96. The SMILES string of the molecule is Cc1ccc(NC(=O)c2cc([N+](=O)[O-])cnc2N)cc1Cl. The summed E-state index contributed by atoms with van der Waals surface area (Å²) in [5, 5.41) is 13.8. The number of amides is 1. The third-order valence-electron chi connectivity index (χ3n) is 2.79. The Morgan fingerprint density at radius 3 is 2.76 bits per heavy atom. The van der Waals surface area contributed by atoms with E-state index in [1.54, 1.807) is 18.2 Å². The van der Waals surface area contributed by atoms with Gasteiger partial charge in [0.2, 0.25) is 0 Å². The molecule has 3 N–H and O–H groups in total. The smallest absolute Gasteiger partial charge is 0.288 e. The fourth-order valence-corrected chi connectivity index (χ4v) is 1.80. The minimum absolute atomic E-state index is 0.0686. The van der Waals surface area contributed by atoms with Crippen molar-refractivity contribution < 1.29 is 9.72 Å². The number of rotatable bonds is 3. The maximum absolute atomic E-state index is 12.1. The monoisotopic (exact) mass is 306 g/mol. The molecule has 1 aromatic carbocycles. The molecule has 0 aliphatic heterocycles. The zero-order chi connectivity index (χ0) is 15.6. The van der Waals surface area contributed by atoms with Crippen LogP contribution in [0.2, 0.25) is 5.02 Å². The Bertz CT molecular complexity index is 733. The maximum atomic E-state index is 12.1. The van der Waals surface area contributed by atoms with Crippen molar-refractivity contribution in [2.24, 2.45) is 0 Å². The highest BCUT2D eigenvalue weighted by Gasteiger charge is 2.17. The number of nitro groups is 1. The van der Waals surface area contributed by atoms with Crippen molar-refractivity contribution in [1.29, 1.82) is 0 Å². The number of halogens is 1. The van der Waals surface area contributed by atoms with Gasteiger partial charge in [-0.25, -0.2) is 4.98 Å². The van der Waals surface area contributed by atoms with Crippen LogP contribution in [0.3, 0.4) is 0 Å². The van der Waals surface area contributed by atoms with Gasteiger partial charge in [-0.05, 0) is 24.6 Å². The van der Waals surface area contributed by atoms with Crippen molar-refractivity contribution in [1.82, 2.24) is 4.98 Å². The third kappa shape index (κ3) is 3.26. The van der Waals surface area contributed by atoms with E-state index in [0.717, 1.165) is 17.8 Å². The molecule has 0 fully saturated rings. The number of benzene rings is 1. The predicted molar refractivity (Wildman–Crippen MR) is 79.4 cm³/mol. The van der Waals surface area contributed by atoms with Crippen molar-refractivity contribution in [2.45, 2.75) is 6.92 Å². The molecule has 2 rings (SSSR count). The van der Waals surface area contributed by atoms with E-state index in [0.29, 0.717) is 10.7 Å². The van der Waals surface area contributed by atoms with Gasteiger partial charge in [-0.15, -0.1) is 0 Å². The van der Waals surface area contributed by atoms with E-state index < -0.39 is 10.8 Å². The lowest BCUT2D eigenvalue weighted by Crippen LogP contribution is -2.15. The molecule has 8 heteroatoms. The maximum Gasteiger partial charge on any atom is 0.288 e. The quantitative estimate of drug-likeness (QED) is 0.669. The molecule has 7 nitrogen and oxygen atoms in total. The molecule has 0 aliphatic carbocycles. The zero-order valence-corrected chi connectivity index (χ0v) is 11.7. The Balaban J connectivity index is 2.29. The summed E-state index contributed by atoms with van der Waals surface area (Å²) in [6, 6.07) is 6.07. The van der Waals surface area contributed by atoms with Crippen LogP contribution in [0.4, 0.5) is 17.2 Å². The van der Waals surface area contributed by atoms with Gasteiger partial charge in [0, 0.05) is 16.8 Å². The molecule has 0 saturated carbocycles. The fraction of sp³-hybridized carbons (Fsp3) is 0.0769. The van der Waals surface area contributed by atoms with Crippen LogP contribution in [-0.2, 0) is 0 Å². The number of anilines is 2. The van der Waals surface area contributed by atoms with Crippen LogP contribution in [0, 0.1) is 17.0 Å². The van der Waals surface area contributed by atoms with Gasteiger partial charge in [0.05, 0.1) is 10.5 Å². The van der Waals surface area contributed by atoms with Crippen LogP contribution in [0.15, 0.2) is 30.5 Å². The highest BCUT2D eigenvalue weighted by Crippen LogP contribution is 2.22. The van der Waals surface area contributed by atoms with Crippen LogP contribution in [0.1, 0.15) is 15.9 Å². The lowest BCUT2D eigenvalue weighted by molar-refractivity contribution is -0.385. The average molecular weight is 307 g/mol. The molecule has 0 radical (unpaired) electrons. The lowest BCUT2D eigenvalue weighted by atomic mass is 10.2. The molecular formula is C13H11ClN4O3. The summed E-state index contributed by atoms with van der Waals surface area (Å²) in [4.78, 5) is 25.8. The van der Waals surface area contributed by atoms with Crippen LogP contribution in [0.5, 0.6) is 0 Å². The van der Waals surface area contributed by atoms with Gasteiger partial charge in [0.1, 0.15) is 12.0 Å². The second-order valence-corrected chi connectivity index (χ2v) is 4.71. The molecule has 1 aromatic heterocycles. The van der Waals surface area contributed by atoms with Crippen molar-refractivity contribution in [2.75, 3.05) is 11.1 Å². The summed E-state index contributed by atoms with van der Waals surface area (Å²) in [6.07, 6.45) is 0.995. The average Bonchev–Trinajstić information content (AvgIpc) is 2.43. The highest BCUT2D eigenvalue weighted by atomic mass is 35.5. The second-order valence-electron chi connectivity index (χ2n) is 4.30. The first kappa shape index (κ1) is 14.7. The number of pyridine rings is 1. The molecule has 0 saturated heterocycles. The summed E-state index contributed by atoms with van der Waals surface area (Å²) in [5.74, 6) is -0.681. The van der Waals surface area contributed by atoms with Crippen LogP contribution < -0.4 is 11.1 Å². The normalized spacial score (nSPS) is 10.2. The Morgan fingerprint density at radius 2 is 2.14 bits per heavy atom. The molecule has 0 spiro atoms. The number of hydrogen-bond donors (Lipinski definition) is 2. The van der Waals surface area contributed by atoms with Gasteiger partial charge in [-0.3, -0.25) is 14.9 Å². The number of nitrogens with two attached hydrogens (primary N) is 1. The van der Waals surface area contributed by atoms with Crippen molar-refractivity contribution >= 4 is 34.7 Å². The van der Waals surface area contributed by atoms with Gasteiger partial charge < -0.3 is 11.1 Å². The molecular weight excluding hydrogens is 296 g/mol. The van der Waals surface area contributed by atoms with Crippen LogP contribution in [0.25, 0.3) is 0 Å². The summed E-state index contributed by atoms with van der Waals surface area (Å²) in [5.41, 5.74) is 6.53. The van der Waals surface area contributed by atoms with Gasteiger partial charge in [0.15, 0.2) is 0 Å². The molecule has 21 heavy (non-hydrogen) atoms. The first-order valence-corrected chi connectivity index (χ1v) is 6.23. The van der Waals surface area contributed by atoms with E-state index in [9.17, 15) is 14.9 Å². The largest absolute Gasteiger partial charge is 0.383 e. The summed E-state index contributed by atoms with van der Waals surface area (Å²) in [7, 11) is 0. The molecule has 1 amide bonds. The van der Waals surface area contributed by atoms with E-state index >= 15 is 0 Å². The number of nitrogen functional groups attached to an aromatic ring is 1. The van der Waals surface area contributed by atoms with E-state index in [2.05, 4.69) is 10.3 Å². The minimum Gasteiger partial charge on any atom is -0.383 e. The lowest BCUT2D eigenvalue weighted by Gasteiger charge is -2.08. The molecule has 0 aliphatic rings. The van der Waals surface area contributed by atoms with E-state index in [1.807, 2.05) is 6.92 Å². The van der Waals surface area contributed by atoms with Gasteiger partial charge in [-0.1, -0.05) is 17.7 Å². The third-order valence-corrected chi connectivity index (χ3v) is 3.20. The fourth-order valence-electron chi connectivity index (χ4n) is 1.62. The topological polar surface area (TPSA) is 111 Å². The van der Waals surface area contributed by atoms with Gasteiger partial charge in [0.25, 0.3) is 11.6 Å². The number of nitrogens with one attached hydrogen (secondary N) is 1. The second kappa shape index (κ2) is 5.76. The predicted octanol–water partition coefficient (Wildman–Crippen LogP) is 2.79. The molecule has 1 heterocycles. The highest BCUT2D eigenvalue weighted by molar-refractivity contribution is 6.31. The molecule has 0 atom stereocenters. The zero-order valence-electron chi connectivity index (χ0n) is 11.0. The standard InChI is InChI=1S/C13H11ClN4O3/c1-7-2-3-8(4-11(7)14)17-13(19)10-5-9(18(20)21)6-16-12(10)15/h2-6H,1H3,(H2,15,16)(H,17,19). The number of carbonyl (C=O) groups is 1. The van der Waals surface area contributed by atoms with Crippen molar-refractivity contribution in [3.05, 3.63) is 56.7 Å². The van der Waals surface area contributed by atoms with Crippen LogP contribution in [-0.4, -0.2) is 15.8 Å². The van der Waals surface area contributed by atoms with Crippen molar-refractivity contribution in [3.8, 4) is 0 Å². The summed E-state index contributed by atoms with van der Waals surface area (Å²) < 4.78 is 0.